The highest BCUT2D eigenvalue weighted by atomic mass is 79.9. The largest absolute Gasteiger partial charge is 0.481 e. The van der Waals surface area contributed by atoms with E-state index in [4.69, 9.17) is 4.74 Å². The maximum atomic E-state index is 11.9. The van der Waals surface area contributed by atoms with Gasteiger partial charge in [0.05, 0.1) is 12.4 Å². The molecule has 0 saturated carbocycles. The number of carbonyl (C=O) groups is 2. The van der Waals surface area contributed by atoms with Crippen LogP contribution in [0, 0.1) is 0 Å². The zero-order valence-electron chi connectivity index (χ0n) is 10.9. The van der Waals surface area contributed by atoms with Crippen molar-refractivity contribution in [3.63, 3.8) is 0 Å². The Hall–Kier alpha value is -1.88. The standard InChI is InChI=1S/C15H13BrO4/c1-19-15(18)9-20-14-7-6-11(13(17)8-16)10-4-2-3-5-12(10)14/h2-7H,8-9H2,1H3. The van der Waals surface area contributed by atoms with E-state index in [0.717, 1.165) is 10.8 Å². The molecule has 0 saturated heterocycles. The summed E-state index contributed by atoms with van der Waals surface area (Å²) in [7, 11) is 1.31. The number of rotatable bonds is 5. The second kappa shape index (κ2) is 6.52. The van der Waals surface area contributed by atoms with Gasteiger partial charge in [-0.05, 0) is 17.5 Å². The van der Waals surface area contributed by atoms with Gasteiger partial charge in [0.2, 0.25) is 0 Å². The molecule has 0 bridgehead atoms. The minimum atomic E-state index is -0.449. The summed E-state index contributed by atoms with van der Waals surface area (Å²) in [6, 6.07) is 10.8. The van der Waals surface area contributed by atoms with Gasteiger partial charge in [0.25, 0.3) is 0 Å². The van der Waals surface area contributed by atoms with Crippen molar-refractivity contribution in [2.45, 2.75) is 0 Å². The first-order valence-electron chi connectivity index (χ1n) is 5.98. The topological polar surface area (TPSA) is 52.6 Å². The average molecular weight is 337 g/mol. The summed E-state index contributed by atoms with van der Waals surface area (Å²) in [5.41, 5.74) is 0.628. The lowest BCUT2D eigenvalue weighted by molar-refractivity contribution is -0.142. The molecule has 4 nitrogen and oxygen atoms in total. The van der Waals surface area contributed by atoms with E-state index in [2.05, 4.69) is 20.7 Å². The summed E-state index contributed by atoms with van der Waals surface area (Å²) in [4.78, 5) is 23.0. The Labute approximate surface area is 124 Å². The average Bonchev–Trinajstić information content (AvgIpc) is 2.51. The Kier molecular flexibility index (Phi) is 4.74. The fraction of sp³-hybridized carbons (Fsp3) is 0.200. The quantitative estimate of drug-likeness (QED) is 0.478. The number of halogens is 1. The molecule has 2 aromatic rings. The van der Waals surface area contributed by atoms with Crippen LogP contribution < -0.4 is 4.74 Å². The SMILES string of the molecule is COC(=O)COc1ccc(C(=O)CBr)c2ccccc12. The van der Waals surface area contributed by atoms with Crippen LogP contribution in [0.5, 0.6) is 5.75 Å². The van der Waals surface area contributed by atoms with Gasteiger partial charge < -0.3 is 9.47 Å². The number of carbonyl (C=O) groups excluding carboxylic acids is 2. The Morgan fingerprint density at radius 3 is 2.45 bits per heavy atom. The van der Waals surface area contributed by atoms with Crippen molar-refractivity contribution in [1.29, 1.82) is 0 Å². The molecule has 0 unspecified atom stereocenters. The molecule has 0 aliphatic heterocycles. The maximum absolute atomic E-state index is 11.9. The summed E-state index contributed by atoms with van der Waals surface area (Å²) in [6.45, 7) is -0.160. The summed E-state index contributed by atoms with van der Waals surface area (Å²) in [6.07, 6.45) is 0. The van der Waals surface area contributed by atoms with Crippen molar-refractivity contribution < 1.29 is 19.1 Å². The number of Topliss-reactive ketones (excluding diaryl/α,β-unsaturated/α-hetero) is 1. The molecule has 0 N–H and O–H groups in total. The smallest absolute Gasteiger partial charge is 0.343 e. The number of methoxy groups -OCH3 is 1. The third kappa shape index (κ3) is 2.99. The van der Waals surface area contributed by atoms with E-state index >= 15 is 0 Å². The Bertz CT molecular complexity index is 651. The van der Waals surface area contributed by atoms with Crippen LogP contribution in [-0.4, -0.2) is 30.8 Å². The third-order valence-corrected chi connectivity index (χ3v) is 3.39. The van der Waals surface area contributed by atoms with Crippen LogP contribution in [0.3, 0.4) is 0 Å². The number of esters is 1. The number of ether oxygens (including phenoxy) is 2. The molecule has 104 valence electrons. The monoisotopic (exact) mass is 336 g/mol. The summed E-state index contributed by atoms with van der Waals surface area (Å²) in [5.74, 6) is 0.104. The molecule has 0 amide bonds. The molecule has 0 aliphatic carbocycles. The van der Waals surface area contributed by atoms with Gasteiger partial charge in [-0.2, -0.15) is 0 Å². The van der Waals surface area contributed by atoms with Crippen molar-refractivity contribution >= 4 is 38.5 Å². The second-order valence-corrected chi connectivity index (χ2v) is 4.64. The molecule has 0 aliphatic rings. The van der Waals surface area contributed by atoms with Crippen molar-refractivity contribution in [2.75, 3.05) is 19.0 Å². The van der Waals surface area contributed by atoms with Crippen LogP contribution in [0.1, 0.15) is 10.4 Å². The zero-order chi connectivity index (χ0) is 14.5. The molecule has 0 heterocycles. The van der Waals surface area contributed by atoms with E-state index in [1.54, 1.807) is 12.1 Å². The first kappa shape index (κ1) is 14.5. The van der Waals surface area contributed by atoms with Crippen molar-refractivity contribution in [1.82, 2.24) is 0 Å². The van der Waals surface area contributed by atoms with E-state index < -0.39 is 5.97 Å². The highest BCUT2D eigenvalue weighted by molar-refractivity contribution is 9.09. The van der Waals surface area contributed by atoms with Gasteiger partial charge in [0, 0.05) is 10.9 Å². The lowest BCUT2D eigenvalue weighted by atomic mass is 10.0. The number of benzene rings is 2. The molecular formula is C15H13BrO4. The van der Waals surface area contributed by atoms with Gasteiger partial charge in [-0.3, -0.25) is 4.79 Å². The van der Waals surface area contributed by atoms with E-state index in [-0.39, 0.29) is 17.7 Å². The number of hydrogen-bond acceptors (Lipinski definition) is 4. The van der Waals surface area contributed by atoms with Crippen LogP contribution in [0.2, 0.25) is 0 Å². The lowest BCUT2D eigenvalue weighted by Crippen LogP contribution is -2.13. The van der Waals surface area contributed by atoms with Gasteiger partial charge in [-0.1, -0.05) is 40.2 Å². The van der Waals surface area contributed by atoms with Gasteiger partial charge >= 0.3 is 5.97 Å². The molecule has 5 heteroatoms. The van der Waals surface area contributed by atoms with Gasteiger partial charge in [0.15, 0.2) is 12.4 Å². The molecule has 0 radical (unpaired) electrons. The van der Waals surface area contributed by atoms with Crippen molar-refractivity contribution in [3.05, 3.63) is 42.0 Å². The van der Waals surface area contributed by atoms with Gasteiger partial charge in [-0.25, -0.2) is 4.79 Å². The minimum absolute atomic E-state index is 0.000665. The molecule has 0 fully saturated rings. The van der Waals surface area contributed by atoms with E-state index in [0.29, 0.717) is 11.3 Å². The van der Waals surface area contributed by atoms with Crippen molar-refractivity contribution in [3.8, 4) is 5.75 Å². The molecule has 0 atom stereocenters. The molecule has 0 spiro atoms. The van der Waals surface area contributed by atoms with Crippen LogP contribution in [0.25, 0.3) is 10.8 Å². The Morgan fingerprint density at radius 1 is 1.10 bits per heavy atom. The molecule has 2 rings (SSSR count). The molecule has 20 heavy (non-hydrogen) atoms. The maximum Gasteiger partial charge on any atom is 0.343 e. The molecule has 0 aromatic heterocycles. The van der Waals surface area contributed by atoms with Crippen molar-refractivity contribution in [2.24, 2.45) is 0 Å². The van der Waals surface area contributed by atoms with Crippen LogP contribution in [0.4, 0.5) is 0 Å². The zero-order valence-corrected chi connectivity index (χ0v) is 12.5. The first-order chi connectivity index (χ1) is 9.67. The predicted octanol–water partition coefficient (Wildman–Crippen LogP) is 2.97. The summed E-state index contributed by atoms with van der Waals surface area (Å²) >= 11 is 3.17. The number of alkyl halides is 1. The van der Waals surface area contributed by atoms with Crippen LogP contribution >= 0.6 is 15.9 Å². The number of fused-ring (bicyclic) bond motifs is 1. The minimum Gasteiger partial charge on any atom is -0.481 e. The lowest BCUT2D eigenvalue weighted by Gasteiger charge is -2.11. The fourth-order valence-electron chi connectivity index (χ4n) is 1.91. The normalized spacial score (nSPS) is 10.3. The Balaban J connectivity index is 2.43. The Morgan fingerprint density at radius 2 is 1.80 bits per heavy atom. The van der Waals surface area contributed by atoms with Crippen LogP contribution in [0.15, 0.2) is 36.4 Å². The fourth-order valence-corrected chi connectivity index (χ4v) is 2.21. The predicted molar refractivity (Wildman–Crippen MR) is 79.6 cm³/mol. The van der Waals surface area contributed by atoms with Gasteiger partial charge in [-0.15, -0.1) is 0 Å². The summed E-state index contributed by atoms with van der Waals surface area (Å²) < 4.78 is 9.98. The molecular weight excluding hydrogens is 324 g/mol. The van der Waals surface area contributed by atoms with Gasteiger partial charge in [0.1, 0.15) is 5.75 Å². The number of hydrogen-bond donors (Lipinski definition) is 0. The summed E-state index contributed by atoms with van der Waals surface area (Å²) in [5, 5.41) is 1.86. The highest BCUT2D eigenvalue weighted by Gasteiger charge is 2.12. The van der Waals surface area contributed by atoms with E-state index in [9.17, 15) is 9.59 Å². The first-order valence-corrected chi connectivity index (χ1v) is 7.10. The highest BCUT2D eigenvalue weighted by Crippen LogP contribution is 2.29. The van der Waals surface area contributed by atoms with E-state index in [1.165, 1.54) is 7.11 Å². The third-order valence-electron chi connectivity index (χ3n) is 2.88. The molecule has 2 aromatic carbocycles. The van der Waals surface area contributed by atoms with E-state index in [1.807, 2.05) is 24.3 Å². The second-order valence-electron chi connectivity index (χ2n) is 4.08. The van der Waals surface area contributed by atoms with Crippen LogP contribution in [-0.2, 0) is 9.53 Å². The number of ketones is 1.